The minimum atomic E-state index is -0.382. The Bertz CT molecular complexity index is 934. The summed E-state index contributed by atoms with van der Waals surface area (Å²) >= 11 is 0. The van der Waals surface area contributed by atoms with Crippen LogP contribution in [0.4, 0.5) is 10.1 Å². The van der Waals surface area contributed by atoms with E-state index in [-0.39, 0.29) is 29.9 Å². The van der Waals surface area contributed by atoms with E-state index in [1.165, 1.54) is 36.2 Å². The van der Waals surface area contributed by atoms with Crippen LogP contribution in [0.25, 0.3) is 5.65 Å². The third-order valence-corrected chi connectivity index (χ3v) is 3.77. The van der Waals surface area contributed by atoms with Crippen LogP contribution >= 0.6 is 0 Å². The van der Waals surface area contributed by atoms with E-state index in [1.54, 1.807) is 6.20 Å². The van der Waals surface area contributed by atoms with Crippen molar-refractivity contribution in [3.05, 3.63) is 65.9 Å². The van der Waals surface area contributed by atoms with Crippen LogP contribution in [0.3, 0.4) is 0 Å². The number of fused-ring (bicyclic) bond motifs is 1. The maximum atomic E-state index is 12.9. The predicted molar refractivity (Wildman–Crippen MR) is 91.9 cm³/mol. The minimum absolute atomic E-state index is 0.136. The summed E-state index contributed by atoms with van der Waals surface area (Å²) in [7, 11) is 1.53. The van der Waals surface area contributed by atoms with E-state index in [9.17, 15) is 14.0 Å². The van der Waals surface area contributed by atoms with Crippen LogP contribution in [0.15, 0.2) is 48.7 Å². The highest BCUT2D eigenvalue weighted by Crippen LogP contribution is 2.11. The van der Waals surface area contributed by atoms with Gasteiger partial charge in [0.1, 0.15) is 17.2 Å². The molecular formula is C18H17FN4O2. The van der Waals surface area contributed by atoms with Gasteiger partial charge >= 0.3 is 0 Å². The number of likely N-dealkylation sites (N-methyl/N-ethyl adjacent to an activating group) is 1. The monoisotopic (exact) mass is 340 g/mol. The van der Waals surface area contributed by atoms with Gasteiger partial charge in [0.05, 0.1) is 6.54 Å². The predicted octanol–water partition coefficient (Wildman–Crippen LogP) is 2.49. The van der Waals surface area contributed by atoms with Crippen molar-refractivity contribution in [1.29, 1.82) is 0 Å². The van der Waals surface area contributed by atoms with Gasteiger partial charge in [0.25, 0.3) is 5.91 Å². The van der Waals surface area contributed by atoms with Crippen molar-refractivity contribution < 1.29 is 14.0 Å². The number of nitrogens with one attached hydrogen (secondary N) is 1. The summed E-state index contributed by atoms with van der Waals surface area (Å²) in [4.78, 5) is 30.1. The number of anilines is 1. The number of rotatable bonds is 4. The molecule has 0 fully saturated rings. The van der Waals surface area contributed by atoms with Crippen LogP contribution in [0.2, 0.25) is 0 Å². The lowest BCUT2D eigenvalue weighted by atomic mass is 10.3. The van der Waals surface area contributed by atoms with Gasteiger partial charge in [0.2, 0.25) is 5.91 Å². The molecule has 0 aliphatic carbocycles. The summed E-state index contributed by atoms with van der Waals surface area (Å²) in [5.74, 6) is -1.10. The van der Waals surface area contributed by atoms with Gasteiger partial charge in [-0.1, -0.05) is 6.07 Å². The molecule has 0 saturated heterocycles. The van der Waals surface area contributed by atoms with E-state index in [2.05, 4.69) is 10.3 Å². The van der Waals surface area contributed by atoms with Gasteiger partial charge in [-0.25, -0.2) is 9.37 Å². The Morgan fingerprint density at radius 3 is 2.60 bits per heavy atom. The first-order valence-corrected chi connectivity index (χ1v) is 7.69. The molecule has 2 aromatic heterocycles. The van der Waals surface area contributed by atoms with E-state index < -0.39 is 0 Å². The number of hydrogen-bond acceptors (Lipinski definition) is 3. The summed E-state index contributed by atoms with van der Waals surface area (Å²) < 4.78 is 14.7. The molecule has 6 nitrogen and oxygen atoms in total. The van der Waals surface area contributed by atoms with Crippen molar-refractivity contribution in [2.24, 2.45) is 0 Å². The number of hydrogen-bond donors (Lipinski definition) is 1. The second-order valence-corrected chi connectivity index (χ2v) is 5.74. The minimum Gasteiger partial charge on any atom is -0.331 e. The van der Waals surface area contributed by atoms with Crippen LogP contribution in [0.5, 0.6) is 0 Å². The molecule has 0 radical (unpaired) electrons. The number of pyridine rings is 1. The first-order chi connectivity index (χ1) is 11.9. The van der Waals surface area contributed by atoms with Crippen molar-refractivity contribution in [3.63, 3.8) is 0 Å². The Hall–Kier alpha value is -3.22. The second kappa shape index (κ2) is 6.72. The van der Waals surface area contributed by atoms with E-state index >= 15 is 0 Å². The highest BCUT2D eigenvalue weighted by Gasteiger charge is 2.18. The molecule has 1 aromatic carbocycles. The number of imidazole rings is 1. The number of benzene rings is 1. The first kappa shape index (κ1) is 16.6. The maximum absolute atomic E-state index is 12.9. The standard InChI is InChI=1S/C18H17FN4O2/c1-12-4-3-5-16-21-15(10-23(12)16)18(25)22(2)11-17(24)20-14-8-6-13(19)7-9-14/h3-10H,11H2,1-2H3,(H,20,24). The van der Waals surface area contributed by atoms with E-state index in [1.807, 2.05) is 29.5 Å². The summed E-state index contributed by atoms with van der Waals surface area (Å²) in [6, 6.07) is 11.0. The van der Waals surface area contributed by atoms with Crippen LogP contribution < -0.4 is 5.32 Å². The van der Waals surface area contributed by atoms with Gasteiger partial charge < -0.3 is 14.6 Å². The Labute approximate surface area is 143 Å². The molecule has 0 saturated carbocycles. The molecule has 2 heterocycles. The normalized spacial score (nSPS) is 10.7. The molecule has 0 atom stereocenters. The van der Waals surface area contributed by atoms with Gasteiger partial charge in [-0.05, 0) is 43.3 Å². The molecular weight excluding hydrogens is 323 g/mol. The van der Waals surface area contributed by atoms with Crippen molar-refractivity contribution in [2.75, 3.05) is 18.9 Å². The zero-order chi connectivity index (χ0) is 18.0. The Balaban J connectivity index is 1.68. The lowest BCUT2D eigenvalue weighted by Crippen LogP contribution is -2.35. The van der Waals surface area contributed by atoms with Crippen LogP contribution in [-0.4, -0.2) is 39.7 Å². The number of nitrogens with zero attached hydrogens (tertiary/aromatic N) is 3. The molecule has 0 bridgehead atoms. The molecule has 0 aliphatic rings. The summed E-state index contributed by atoms with van der Waals surface area (Å²) in [5.41, 5.74) is 2.37. The lowest BCUT2D eigenvalue weighted by molar-refractivity contribution is -0.116. The quantitative estimate of drug-likeness (QED) is 0.793. The molecule has 3 aromatic rings. The van der Waals surface area contributed by atoms with Crippen LogP contribution in [0.1, 0.15) is 16.2 Å². The summed E-state index contributed by atoms with van der Waals surface area (Å²) in [6.07, 6.45) is 1.65. The molecule has 2 amide bonds. The first-order valence-electron chi connectivity index (χ1n) is 7.69. The molecule has 7 heteroatoms. The van der Waals surface area contributed by atoms with E-state index in [4.69, 9.17) is 0 Å². The molecule has 1 N–H and O–H groups in total. The third kappa shape index (κ3) is 3.65. The highest BCUT2D eigenvalue weighted by atomic mass is 19.1. The number of aromatic nitrogens is 2. The van der Waals surface area contributed by atoms with Crippen molar-refractivity contribution in [2.45, 2.75) is 6.92 Å². The van der Waals surface area contributed by atoms with Gasteiger partial charge in [-0.15, -0.1) is 0 Å². The van der Waals surface area contributed by atoms with E-state index in [0.717, 1.165) is 5.69 Å². The molecule has 3 rings (SSSR count). The average molecular weight is 340 g/mol. The van der Waals surface area contributed by atoms with Crippen molar-refractivity contribution in [1.82, 2.24) is 14.3 Å². The summed E-state index contributed by atoms with van der Waals surface area (Å²) in [6.45, 7) is 1.78. The highest BCUT2D eigenvalue weighted by molar-refractivity contribution is 5.98. The Morgan fingerprint density at radius 2 is 1.92 bits per heavy atom. The lowest BCUT2D eigenvalue weighted by Gasteiger charge is -2.15. The van der Waals surface area contributed by atoms with Crippen molar-refractivity contribution >= 4 is 23.1 Å². The fourth-order valence-corrected chi connectivity index (χ4v) is 2.47. The van der Waals surface area contributed by atoms with Gasteiger partial charge in [0, 0.05) is 24.6 Å². The van der Waals surface area contributed by atoms with Gasteiger partial charge in [-0.2, -0.15) is 0 Å². The topological polar surface area (TPSA) is 66.7 Å². The van der Waals surface area contributed by atoms with Crippen LogP contribution in [-0.2, 0) is 4.79 Å². The largest absolute Gasteiger partial charge is 0.331 e. The third-order valence-electron chi connectivity index (χ3n) is 3.77. The zero-order valence-corrected chi connectivity index (χ0v) is 13.9. The number of aryl methyl sites for hydroxylation is 1. The van der Waals surface area contributed by atoms with Crippen molar-refractivity contribution in [3.8, 4) is 0 Å². The molecule has 128 valence electrons. The fraction of sp³-hybridized carbons (Fsp3) is 0.167. The number of halogens is 1. The van der Waals surface area contributed by atoms with Crippen LogP contribution in [0, 0.1) is 12.7 Å². The number of carbonyl (C=O) groups is 2. The number of amides is 2. The fourth-order valence-electron chi connectivity index (χ4n) is 2.47. The van der Waals surface area contributed by atoms with Gasteiger partial charge in [0.15, 0.2) is 0 Å². The smallest absolute Gasteiger partial charge is 0.274 e. The summed E-state index contributed by atoms with van der Waals surface area (Å²) in [5, 5.41) is 2.62. The van der Waals surface area contributed by atoms with E-state index in [0.29, 0.717) is 11.3 Å². The zero-order valence-electron chi connectivity index (χ0n) is 13.9. The van der Waals surface area contributed by atoms with Gasteiger partial charge in [-0.3, -0.25) is 9.59 Å². The molecule has 0 aliphatic heterocycles. The average Bonchev–Trinajstić information content (AvgIpc) is 3.02. The Kier molecular flexibility index (Phi) is 4.47. The second-order valence-electron chi connectivity index (χ2n) is 5.74. The Morgan fingerprint density at radius 1 is 1.20 bits per heavy atom. The molecule has 0 unspecified atom stereocenters. The SMILES string of the molecule is Cc1cccc2nc(C(=O)N(C)CC(=O)Nc3ccc(F)cc3)cn12. The maximum Gasteiger partial charge on any atom is 0.274 e. The molecule has 0 spiro atoms. The molecule has 25 heavy (non-hydrogen) atoms. The number of carbonyl (C=O) groups excluding carboxylic acids is 2.